The predicted octanol–water partition coefficient (Wildman–Crippen LogP) is 3.15. The van der Waals surface area contributed by atoms with Gasteiger partial charge in [0.2, 0.25) is 0 Å². The highest BCUT2D eigenvalue weighted by atomic mass is 16.8. The van der Waals surface area contributed by atoms with Gasteiger partial charge in [0.15, 0.2) is 11.9 Å². The standard InChI is InChI=1S/C20H26O6/c1-4-12(2)10-20(25-17-13(3)24-19(23)18(17)26-20)8-7-14-5-6-16(22)15(9-14)11-21/h5-6,9,12-13,21-22H,4,7-8,10-11H2,1-3H3. The van der Waals surface area contributed by atoms with Crippen molar-refractivity contribution in [1.29, 1.82) is 0 Å². The van der Waals surface area contributed by atoms with E-state index < -0.39 is 17.9 Å². The van der Waals surface area contributed by atoms with Gasteiger partial charge in [-0.2, -0.15) is 0 Å². The molecule has 2 heterocycles. The summed E-state index contributed by atoms with van der Waals surface area (Å²) in [5, 5.41) is 19.0. The molecule has 0 saturated carbocycles. The van der Waals surface area contributed by atoms with Crippen molar-refractivity contribution in [2.45, 2.75) is 65.0 Å². The summed E-state index contributed by atoms with van der Waals surface area (Å²) in [6.07, 6.45) is 2.41. The van der Waals surface area contributed by atoms with Crippen molar-refractivity contribution in [2.75, 3.05) is 0 Å². The summed E-state index contributed by atoms with van der Waals surface area (Å²) in [5.74, 6) is -0.218. The number of carbonyl (C=O) groups is 1. The molecule has 2 aliphatic heterocycles. The van der Waals surface area contributed by atoms with E-state index in [-0.39, 0.29) is 18.1 Å². The molecule has 0 aliphatic carbocycles. The second-order valence-electron chi connectivity index (χ2n) is 7.19. The van der Waals surface area contributed by atoms with E-state index in [0.29, 0.717) is 36.5 Å². The van der Waals surface area contributed by atoms with E-state index >= 15 is 0 Å². The Morgan fingerprint density at radius 2 is 2.08 bits per heavy atom. The van der Waals surface area contributed by atoms with Gasteiger partial charge in [-0.05, 0) is 37.0 Å². The van der Waals surface area contributed by atoms with Crippen LogP contribution in [0.1, 0.15) is 51.2 Å². The highest BCUT2D eigenvalue weighted by Crippen LogP contribution is 2.44. The Balaban J connectivity index is 1.77. The smallest absolute Gasteiger partial charge is 0.378 e. The first-order valence-corrected chi connectivity index (χ1v) is 9.12. The third-order valence-corrected chi connectivity index (χ3v) is 5.11. The lowest BCUT2D eigenvalue weighted by Gasteiger charge is -2.32. The van der Waals surface area contributed by atoms with Crippen LogP contribution in [0.3, 0.4) is 0 Å². The highest BCUT2D eigenvalue weighted by molar-refractivity contribution is 5.90. The van der Waals surface area contributed by atoms with Crippen molar-refractivity contribution >= 4 is 5.97 Å². The van der Waals surface area contributed by atoms with Gasteiger partial charge in [-0.3, -0.25) is 0 Å². The minimum atomic E-state index is -0.884. The number of aliphatic hydroxyl groups is 1. The molecule has 3 rings (SSSR count). The first kappa shape index (κ1) is 18.6. The molecule has 0 fully saturated rings. The fourth-order valence-corrected chi connectivity index (χ4v) is 3.40. The number of hydrogen-bond acceptors (Lipinski definition) is 6. The quantitative estimate of drug-likeness (QED) is 0.725. The molecule has 142 valence electrons. The highest BCUT2D eigenvalue weighted by Gasteiger charge is 2.51. The lowest BCUT2D eigenvalue weighted by Crippen LogP contribution is -2.36. The zero-order valence-corrected chi connectivity index (χ0v) is 15.4. The summed E-state index contributed by atoms with van der Waals surface area (Å²) >= 11 is 0. The summed E-state index contributed by atoms with van der Waals surface area (Å²) in [4.78, 5) is 12.0. The van der Waals surface area contributed by atoms with Gasteiger partial charge in [-0.1, -0.05) is 26.3 Å². The maximum absolute atomic E-state index is 12.0. The number of hydrogen-bond donors (Lipinski definition) is 2. The molecular weight excluding hydrogens is 336 g/mol. The Hall–Kier alpha value is -2.21. The summed E-state index contributed by atoms with van der Waals surface area (Å²) < 4.78 is 17.3. The number of cyclic esters (lactones) is 1. The van der Waals surface area contributed by atoms with Crippen LogP contribution in [0, 0.1) is 5.92 Å². The first-order valence-electron chi connectivity index (χ1n) is 9.12. The molecular formula is C20H26O6. The van der Waals surface area contributed by atoms with Crippen molar-refractivity contribution in [3.05, 3.63) is 40.8 Å². The number of rotatable bonds is 7. The minimum Gasteiger partial charge on any atom is -0.508 e. The molecule has 2 N–H and O–H groups in total. The van der Waals surface area contributed by atoms with Crippen LogP contribution in [-0.2, 0) is 32.0 Å². The molecule has 6 heteroatoms. The molecule has 2 aliphatic rings. The number of phenols is 1. The van der Waals surface area contributed by atoms with Crippen molar-refractivity contribution < 1.29 is 29.2 Å². The Labute approximate surface area is 153 Å². The molecule has 0 amide bonds. The minimum absolute atomic E-state index is 0.0798. The molecule has 3 unspecified atom stereocenters. The summed E-state index contributed by atoms with van der Waals surface area (Å²) in [6.45, 7) is 5.79. The van der Waals surface area contributed by atoms with Gasteiger partial charge in [0.25, 0.3) is 11.5 Å². The number of aromatic hydroxyl groups is 1. The number of benzene rings is 1. The summed E-state index contributed by atoms with van der Waals surface area (Å²) in [7, 11) is 0. The normalized spacial score (nSPS) is 25.5. The second kappa shape index (κ2) is 7.19. The zero-order valence-electron chi connectivity index (χ0n) is 15.4. The van der Waals surface area contributed by atoms with Gasteiger partial charge in [0.05, 0.1) is 6.61 Å². The van der Waals surface area contributed by atoms with Gasteiger partial charge < -0.3 is 24.4 Å². The molecule has 0 saturated heterocycles. The summed E-state index contributed by atoms with van der Waals surface area (Å²) in [5.41, 5.74) is 1.45. The number of ether oxygens (including phenoxy) is 3. The maximum Gasteiger partial charge on any atom is 0.378 e. The predicted molar refractivity (Wildman–Crippen MR) is 93.9 cm³/mol. The molecule has 0 radical (unpaired) electrons. The van der Waals surface area contributed by atoms with E-state index in [1.54, 1.807) is 19.1 Å². The zero-order chi connectivity index (χ0) is 18.9. The van der Waals surface area contributed by atoms with Crippen LogP contribution in [0.25, 0.3) is 0 Å². The molecule has 0 aromatic heterocycles. The first-order chi connectivity index (χ1) is 12.4. The Morgan fingerprint density at radius 3 is 2.73 bits per heavy atom. The average Bonchev–Trinajstić information content (AvgIpc) is 3.11. The van der Waals surface area contributed by atoms with Crippen molar-refractivity contribution in [1.82, 2.24) is 0 Å². The topological polar surface area (TPSA) is 85.2 Å². The van der Waals surface area contributed by atoms with Crippen LogP contribution < -0.4 is 0 Å². The number of esters is 1. The SMILES string of the molecule is CCC(C)CC1(CCc2ccc(O)c(CO)c2)OC2=C(O1)C(C)OC2=O. The molecule has 3 atom stereocenters. The number of aryl methyl sites for hydroxylation is 1. The van der Waals surface area contributed by atoms with Crippen molar-refractivity contribution in [3.63, 3.8) is 0 Å². The molecule has 6 nitrogen and oxygen atoms in total. The Morgan fingerprint density at radius 1 is 1.31 bits per heavy atom. The van der Waals surface area contributed by atoms with Gasteiger partial charge in [-0.15, -0.1) is 0 Å². The van der Waals surface area contributed by atoms with E-state index in [1.807, 2.05) is 6.07 Å². The van der Waals surface area contributed by atoms with Gasteiger partial charge in [-0.25, -0.2) is 4.79 Å². The Kier molecular flexibility index (Phi) is 5.14. The van der Waals surface area contributed by atoms with E-state index in [2.05, 4.69) is 13.8 Å². The van der Waals surface area contributed by atoms with Gasteiger partial charge in [0.1, 0.15) is 5.75 Å². The lowest BCUT2D eigenvalue weighted by atomic mass is 9.93. The fourth-order valence-electron chi connectivity index (χ4n) is 3.40. The Bertz CT molecular complexity index is 725. The van der Waals surface area contributed by atoms with E-state index in [9.17, 15) is 15.0 Å². The molecule has 1 aromatic carbocycles. The van der Waals surface area contributed by atoms with Crippen LogP contribution >= 0.6 is 0 Å². The lowest BCUT2D eigenvalue weighted by molar-refractivity contribution is -0.194. The molecule has 0 spiro atoms. The fraction of sp³-hybridized carbons (Fsp3) is 0.550. The van der Waals surface area contributed by atoms with Crippen LogP contribution in [-0.4, -0.2) is 28.1 Å². The van der Waals surface area contributed by atoms with E-state index in [0.717, 1.165) is 12.0 Å². The van der Waals surface area contributed by atoms with Gasteiger partial charge >= 0.3 is 5.97 Å². The van der Waals surface area contributed by atoms with Crippen LogP contribution in [0.4, 0.5) is 0 Å². The largest absolute Gasteiger partial charge is 0.508 e. The van der Waals surface area contributed by atoms with Crippen molar-refractivity contribution in [3.8, 4) is 5.75 Å². The van der Waals surface area contributed by atoms with Crippen LogP contribution in [0.15, 0.2) is 29.7 Å². The number of aliphatic hydroxyl groups excluding tert-OH is 1. The molecule has 26 heavy (non-hydrogen) atoms. The maximum atomic E-state index is 12.0. The van der Waals surface area contributed by atoms with E-state index in [4.69, 9.17) is 14.2 Å². The average molecular weight is 362 g/mol. The van der Waals surface area contributed by atoms with Gasteiger partial charge in [0, 0.05) is 18.4 Å². The third kappa shape index (κ3) is 3.51. The number of carbonyl (C=O) groups excluding carboxylic acids is 1. The molecule has 0 bridgehead atoms. The monoisotopic (exact) mass is 362 g/mol. The van der Waals surface area contributed by atoms with Crippen LogP contribution in [0.2, 0.25) is 0 Å². The van der Waals surface area contributed by atoms with E-state index in [1.165, 1.54) is 0 Å². The molecule has 1 aromatic rings. The third-order valence-electron chi connectivity index (χ3n) is 5.11. The van der Waals surface area contributed by atoms with Crippen LogP contribution in [0.5, 0.6) is 5.75 Å². The summed E-state index contributed by atoms with van der Waals surface area (Å²) in [6, 6.07) is 5.17. The van der Waals surface area contributed by atoms with Crippen molar-refractivity contribution in [2.24, 2.45) is 5.92 Å². The second-order valence-corrected chi connectivity index (χ2v) is 7.19.